The van der Waals surface area contributed by atoms with Gasteiger partial charge in [0.25, 0.3) is 0 Å². The molecule has 0 aromatic carbocycles. The lowest BCUT2D eigenvalue weighted by atomic mass is 10.6. The number of nitrogens with zero attached hydrogens (tertiary/aromatic N) is 3. The fraction of sp³-hybridized carbons (Fsp3) is 0.333. The molecular weight excluding hydrogens is 162 g/mol. The molecule has 1 aromatic heterocycles. The van der Waals surface area contributed by atoms with E-state index in [0.29, 0.717) is 5.82 Å². The fourth-order valence-corrected chi connectivity index (χ4v) is 1.94. The van der Waals surface area contributed by atoms with Gasteiger partial charge in [-0.1, -0.05) is 0 Å². The summed E-state index contributed by atoms with van der Waals surface area (Å²) >= 11 is 1.73. The molecule has 4 nitrogen and oxygen atoms in total. The van der Waals surface area contributed by atoms with Gasteiger partial charge in [-0.2, -0.15) is 5.10 Å². The number of thioether (sulfide) groups is 1. The number of carbonyl (C=O) groups excluding carboxylic acids is 1. The molecule has 0 amide bonds. The molecule has 2 rings (SSSR count). The van der Waals surface area contributed by atoms with Gasteiger partial charge in [0, 0.05) is 11.8 Å². The van der Waals surface area contributed by atoms with Crippen LogP contribution in [0.5, 0.6) is 0 Å². The molecule has 0 unspecified atom stereocenters. The summed E-state index contributed by atoms with van der Waals surface area (Å²) in [6.45, 7) is 0.911. The van der Waals surface area contributed by atoms with Gasteiger partial charge in [-0.15, -0.1) is 16.8 Å². The summed E-state index contributed by atoms with van der Waals surface area (Å²) in [4.78, 5) is 13.3. The molecule has 0 spiro atoms. The number of fused-ring (bicyclic) bond motifs is 1. The predicted molar refractivity (Wildman–Crippen MR) is 40.7 cm³/mol. The minimum atomic E-state index is 0.460. The first kappa shape index (κ1) is 6.64. The lowest BCUT2D eigenvalue weighted by Crippen LogP contribution is -1.94. The number of hydrogen-bond acceptors (Lipinski definition) is 4. The molecule has 5 heteroatoms. The average molecular weight is 167 g/mol. The van der Waals surface area contributed by atoms with E-state index in [1.54, 1.807) is 17.8 Å². The molecule has 1 aliphatic heterocycles. The van der Waals surface area contributed by atoms with Crippen LogP contribution in [0.3, 0.4) is 0 Å². The highest BCUT2D eigenvalue weighted by Crippen LogP contribution is 2.28. The van der Waals surface area contributed by atoms with E-state index in [-0.39, 0.29) is 0 Å². The van der Waals surface area contributed by atoms with Crippen molar-refractivity contribution < 1.29 is 4.79 Å². The van der Waals surface area contributed by atoms with Gasteiger partial charge in [0.1, 0.15) is 0 Å². The molecule has 0 bridgehead atoms. The van der Waals surface area contributed by atoms with Gasteiger partial charge in [0.2, 0.25) is 6.08 Å². The molecule has 0 saturated carbocycles. The number of hydrogen-bond donors (Lipinski definition) is 0. The highest BCUT2D eigenvalue weighted by atomic mass is 32.2. The third kappa shape index (κ3) is 1.08. The zero-order chi connectivity index (χ0) is 7.68. The van der Waals surface area contributed by atoms with E-state index in [4.69, 9.17) is 0 Å². The van der Waals surface area contributed by atoms with Crippen molar-refractivity contribution in [1.29, 1.82) is 0 Å². The zero-order valence-corrected chi connectivity index (χ0v) is 6.47. The van der Waals surface area contributed by atoms with Gasteiger partial charge in [0.05, 0.1) is 11.6 Å². The maximum Gasteiger partial charge on any atom is 0.242 e. The summed E-state index contributed by atoms with van der Waals surface area (Å²) < 4.78 is 1.85. The van der Waals surface area contributed by atoms with Gasteiger partial charge in [0.15, 0.2) is 5.82 Å². The first-order valence-corrected chi connectivity index (χ1v) is 4.17. The van der Waals surface area contributed by atoms with Crippen LogP contribution in [0.25, 0.3) is 0 Å². The van der Waals surface area contributed by atoms with Crippen molar-refractivity contribution >= 4 is 23.7 Å². The van der Waals surface area contributed by atoms with Crippen LogP contribution in [0, 0.1) is 0 Å². The van der Waals surface area contributed by atoms with E-state index in [0.717, 1.165) is 17.3 Å². The molecule has 0 atom stereocenters. The third-order valence-electron chi connectivity index (χ3n) is 1.44. The van der Waals surface area contributed by atoms with Crippen molar-refractivity contribution in [3.8, 4) is 0 Å². The Morgan fingerprint density at radius 3 is 3.45 bits per heavy atom. The molecule has 0 radical (unpaired) electrons. The summed E-state index contributed by atoms with van der Waals surface area (Å²) in [7, 11) is 0. The number of aryl methyl sites for hydroxylation is 1. The number of aliphatic imine (C=N–C) groups is 1. The third-order valence-corrected chi connectivity index (χ3v) is 2.45. The first-order chi connectivity index (χ1) is 5.40. The maximum absolute atomic E-state index is 9.85. The van der Waals surface area contributed by atoms with Crippen molar-refractivity contribution in [2.24, 2.45) is 4.99 Å². The number of aromatic nitrogens is 2. The predicted octanol–water partition coefficient (Wildman–Crippen LogP) is 0.956. The van der Waals surface area contributed by atoms with Gasteiger partial charge in [-0.25, -0.2) is 4.79 Å². The second-order valence-corrected chi connectivity index (χ2v) is 3.23. The second-order valence-electron chi connectivity index (χ2n) is 2.12. The van der Waals surface area contributed by atoms with E-state index in [9.17, 15) is 4.79 Å². The van der Waals surface area contributed by atoms with E-state index >= 15 is 0 Å². The second kappa shape index (κ2) is 2.53. The molecule has 11 heavy (non-hydrogen) atoms. The quantitative estimate of drug-likeness (QED) is 0.462. The molecule has 0 fully saturated rings. The Bertz CT molecular complexity index is 305. The molecule has 0 saturated heterocycles. The van der Waals surface area contributed by atoms with Crippen LogP contribution in [0.4, 0.5) is 5.82 Å². The van der Waals surface area contributed by atoms with Crippen LogP contribution < -0.4 is 0 Å². The molecular formula is C6H5N3OS. The molecule has 0 N–H and O–H groups in total. The van der Waals surface area contributed by atoms with Crippen molar-refractivity contribution in [1.82, 2.24) is 9.78 Å². The average Bonchev–Trinajstić information content (AvgIpc) is 2.46. The summed E-state index contributed by atoms with van der Waals surface area (Å²) in [5.41, 5.74) is 0. The van der Waals surface area contributed by atoms with Crippen LogP contribution in [-0.4, -0.2) is 21.6 Å². The van der Waals surface area contributed by atoms with Crippen LogP contribution in [-0.2, 0) is 11.3 Å². The minimum absolute atomic E-state index is 0.460. The minimum Gasteiger partial charge on any atom is -0.256 e. The normalized spacial score (nSPS) is 14.2. The zero-order valence-electron chi connectivity index (χ0n) is 5.65. The summed E-state index contributed by atoms with van der Waals surface area (Å²) in [6.07, 6.45) is 1.46. The molecule has 1 aromatic rings. The number of isocyanates is 1. The Labute approximate surface area is 67.3 Å². The topological polar surface area (TPSA) is 47.2 Å². The highest BCUT2D eigenvalue weighted by molar-refractivity contribution is 7.99. The van der Waals surface area contributed by atoms with Crippen molar-refractivity contribution in [3.05, 3.63) is 6.07 Å². The van der Waals surface area contributed by atoms with E-state index in [2.05, 4.69) is 10.1 Å². The van der Waals surface area contributed by atoms with Gasteiger partial charge in [-0.05, 0) is 0 Å². The lowest BCUT2D eigenvalue weighted by Gasteiger charge is -1.87. The summed E-state index contributed by atoms with van der Waals surface area (Å²) in [5, 5.41) is 5.13. The van der Waals surface area contributed by atoms with E-state index < -0.39 is 0 Å². The fourth-order valence-electron chi connectivity index (χ4n) is 1.00. The van der Waals surface area contributed by atoms with Crippen LogP contribution in [0.1, 0.15) is 0 Å². The Morgan fingerprint density at radius 1 is 1.82 bits per heavy atom. The molecule has 56 valence electrons. The summed E-state index contributed by atoms with van der Waals surface area (Å²) in [5.74, 6) is 1.52. The number of rotatable bonds is 1. The smallest absolute Gasteiger partial charge is 0.242 e. The SMILES string of the molecule is O=C=Nc1cc2n(n1)CCS2. The van der Waals surface area contributed by atoms with Crippen LogP contribution >= 0.6 is 11.8 Å². The van der Waals surface area contributed by atoms with Gasteiger partial charge in [-0.3, -0.25) is 4.68 Å². The van der Waals surface area contributed by atoms with Crippen LogP contribution in [0.15, 0.2) is 16.1 Å². The van der Waals surface area contributed by atoms with E-state index in [1.807, 2.05) is 4.68 Å². The lowest BCUT2D eigenvalue weighted by molar-refractivity contribution is 0.565. The molecule has 2 heterocycles. The molecule has 0 aliphatic carbocycles. The molecule has 1 aliphatic rings. The largest absolute Gasteiger partial charge is 0.256 e. The van der Waals surface area contributed by atoms with Crippen LogP contribution in [0.2, 0.25) is 0 Å². The van der Waals surface area contributed by atoms with Gasteiger partial charge < -0.3 is 0 Å². The standard InChI is InChI=1S/C6H5N3OS/c10-4-7-5-3-6-9(8-5)1-2-11-6/h3H,1-2H2. The van der Waals surface area contributed by atoms with Crippen molar-refractivity contribution in [3.63, 3.8) is 0 Å². The Hall–Kier alpha value is -1.06. The monoisotopic (exact) mass is 167 g/mol. The highest BCUT2D eigenvalue weighted by Gasteiger charge is 2.13. The maximum atomic E-state index is 9.85. The Balaban J connectivity index is 2.41. The van der Waals surface area contributed by atoms with E-state index in [1.165, 1.54) is 6.08 Å². The Morgan fingerprint density at radius 2 is 2.73 bits per heavy atom. The van der Waals surface area contributed by atoms with Gasteiger partial charge >= 0.3 is 0 Å². The van der Waals surface area contributed by atoms with Crippen molar-refractivity contribution in [2.75, 3.05) is 5.75 Å². The van der Waals surface area contributed by atoms with Crippen molar-refractivity contribution in [2.45, 2.75) is 11.6 Å². The first-order valence-electron chi connectivity index (χ1n) is 3.18. The Kier molecular flexibility index (Phi) is 1.52. The summed E-state index contributed by atoms with van der Waals surface area (Å²) in [6, 6.07) is 1.79.